The quantitative estimate of drug-likeness (QED) is 0.681. The third kappa shape index (κ3) is 2.08. The number of hydrogen-bond acceptors (Lipinski definition) is 6. The summed E-state index contributed by atoms with van der Waals surface area (Å²) in [5.41, 5.74) is -0.671. The van der Waals surface area contributed by atoms with Gasteiger partial charge in [0, 0.05) is 6.61 Å². The van der Waals surface area contributed by atoms with Crippen molar-refractivity contribution < 1.29 is 28.4 Å². The first kappa shape index (κ1) is 15.3. The van der Waals surface area contributed by atoms with Crippen molar-refractivity contribution in [1.29, 1.82) is 0 Å². The molecule has 0 aromatic rings. The summed E-state index contributed by atoms with van der Waals surface area (Å²) in [4.78, 5) is 0. The van der Waals surface area contributed by atoms with Gasteiger partial charge >= 0.3 is 0 Å². The van der Waals surface area contributed by atoms with Crippen molar-refractivity contribution in [3.63, 3.8) is 0 Å². The van der Waals surface area contributed by atoms with E-state index in [9.17, 15) is 0 Å². The van der Waals surface area contributed by atoms with Gasteiger partial charge in [0.15, 0.2) is 17.2 Å². The molecule has 0 aromatic heterocycles. The highest BCUT2D eigenvalue weighted by molar-refractivity contribution is 5.13. The maximum absolute atomic E-state index is 6.31. The molecular formula is C16H26O6. The van der Waals surface area contributed by atoms with Crippen LogP contribution in [-0.2, 0) is 28.4 Å². The predicted octanol–water partition coefficient (Wildman–Crippen LogP) is 1.96. The first-order valence-corrected chi connectivity index (χ1v) is 8.25. The standard InChI is InChI=1S/C16H26O6/c1-13(2)19-10-16(22-13)15(7-5-6-8-17-15)12-11(9-18-16)20-14(3,4)21-12/h11-12H,5-10H2,1-4H3/t11-,12-,15+,16+/m1/s1. The van der Waals surface area contributed by atoms with Crippen LogP contribution in [0.25, 0.3) is 0 Å². The summed E-state index contributed by atoms with van der Waals surface area (Å²) in [6.07, 6.45) is 2.60. The van der Waals surface area contributed by atoms with Crippen molar-refractivity contribution in [3.05, 3.63) is 0 Å². The van der Waals surface area contributed by atoms with Gasteiger partial charge in [-0.1, -0.05) is 0 Å². The van der Waals surface area contributed by atoms with Gasteiger partial charge in [0.1, 0.15) is 18.8 Å². The van der Waals surface area contributed by atoms with E-state index >= 15 is 0 Å². The van der Waals surface area contributed by atoms with Crippen LogP contribution in [0.15, 0.2) is 0 Å². The van der Waals surface area contributed by atoms with Gasteiger partial charge in [-0.3, -0.25) is 0 Å². The minimum Gasteiger partial charge on any atom is -0.366 e. The summed E-state index contributed by atoms with van der Waals surface area (Å²) < 4.78 is 36.8. The molecule has 0 radical (unpaired) electrons. The third-order valence-corrected chi connectivity index (χ3v) is 5.09. The first-order chi connectivity index (χ1) is 10.3. The largest absolute Gasteiger partial charge is 0.366 e. The zero-order chi connectivity index (χ0) is 15.6. The van der Waals surface area contributed by atoms with Crippen molar-refractivity contribution >= 4 is 0 Å². The van der Waals surface area contributed by atoms with Crippen molar-refractivity contribution in [2.45, 2.75) is 82.1 Å². The first-order valence-electron chi connectivity index (χ1n) is 8.25. The predicted molar refractivity (Wildman–Crippen MR) is 76.2 cm³/mol. The van der Waals surface area contributed by atoms with Crippen LogP contribution < -0.4 is 0 Å². The molecular weight excluding hydrogens is 288 g/mol. The Kier molecular flexibility index (Phi) is 3.23. The molecule has 4 aliphatic rings. The molecule has 6 nitrogen and oxygen atoms in total. The Hall–Kier alpha value is -0.240. The van der Waals surface area contributed by atoms with E-state index in [4.69, 9.17) is 28.4 Å². The summed E-state index contributed by atoms with van der Waals surface area (Å²) in [7, 11) is 0. The molecule has 2 spiro atoms. The molecule has 0 aliphatic carbocycles. The van der Waals surface area contributed by atoms with Gasteiger partial charge in [-0.15, -0.1) is 0 Å². The minimum absolute atomic E-state index is 0.133. The monoisotopic (exact) mass is 314 g/mol. The van der Waals surface area contributed by atoms with Crippen LogP contribution in [0.3, 0.4) is 0 Å². The van der Waals surface area contributed by atoms with Crippen molar-refractivity contribution in [3.8, 4) is 0 Å². The van der Waals surface area contributed by atoms with E-state index in [2.05, 4.69) is 0 Å². The van der Waals surface area contributed by atoms with Gasteiger partial charge in [0.05, 0.1) is 6.61 Å². The summed E-state index contributed by atoms with van der Waals surface area (Å²) in [6, 6.07) is 0. The van der Waals surface area contributed by atoms with E-state index in [1.807, 2.05) is 27.7 Å². The zero-order valence-corrected chi connectivity index (χ0v) is 13.8. The Balaban J connectivity index is 1.74. The molecule has 0 aromatic carbocycles. The lowest BCUT2D eigenvalue weighted by atomic mass is 9.77. The van der Waals surface area contributed by atoms with Gasteiger partial charge in [-0.2, -0.15) is 0 Å². The van der Waals surface area contributed by atoms with Crippen molar-refractivity contribution in [1.82, 2.24) is 0 Å². The molecule has 0 N–H and O–H groups in total. The second-order valence-corrected chi connectivity index (χ2v) is 7.64. The van der Waals surface area contributed by atoms with Gasteiger partial charge < -0.3 is 28.4 Å². The SMILES string of the molecule is CC1(C)O[C@@H]2[C@@H](CO[C@]3(COC(C)(C)O3)[C@]23CCCCO3)O1. The minimum atomic E-state index is -0.915. The van der Waals surface area contributed by atoms with Crippen LogP contribution in [-0.4, -0.2) is 55.0 Å². The number of hydrogen-bond donors (Lipinski definition) is 0. The molecule has 6 heteroatoms. The molecule has 0 saturated carbocycles. The van der Waals surface area contributed by atoms with E-state index < -0.39 is 23.0 Å². The lowest BCUT2D eigenvalue weighted by Crippen LogP contribution is -2.72. The molecule has 4 aliphatic heterocycles. The summed E-state index contributed by atoms with van der Waals surface area (Å²) in [6.45, 7) is 9.15. The Morgan fingerprint density at radius 3 is 2.32 bits per heavy atom. The highest BCUT2D eigenvalue weighted by atomic mass is 16.9. The Labute approximate surface area is 131 Å². The lowest BCUT2D eigenvalue weighted by molar-refractivity contribution is -0.382. The van der Waals surface area contributed by atoms with Crippen molar-refractivity contribution in [2.75, 3.05) is 19.8 Å². The topological polar surface area (TPSA) is 55.4 Å². The maximum Gasteiger partial charge on any atom is 0.227 e. The highest BCUT2D eigenvalue weighted by Crippen LogP contribution is 2.54. The fourth-order valence-corrected chi connectivity index (χ4v) is 4.25. The molecule has 126 valence electrons. The van der Waals surface area contributed by atoms with E-state index in [1.54, 1.807) is 0 Å². The number of ether oxygens (including phenoxy) is 6. The van der Waals surface area contributed by atoms with E-state index in [0.29, 0.717) is 19.8 Å². The normalized spacial score (nSPS) is 49.6. The summed E-state index contributed by atoms with van der Waals surface area (Å²) in [5, 5.41) is 0. The molecule has 4 fully saturated rings. The molecule has 4 rings (SSSR count). The average Bonchev–Trinajstić information content (AvgIpc) is 2.94. The number of fused-ring (bicyclic) bond motifs is 3. The van der Waals surface area contributed by atoms with Crippen LogP contribution in [0.4, 0.5) is 0 Å². The van der Waals surface area contributed by atoms with Gasteiger partial charge in [-0.25, -0.2) is 0 Å². The molecule has 4 heterocycles. The molecule has 0 bridgehead atoms. The molecule has 4 saturated heterocycles. The van der Waals surface area contributed by atoms with Crippen LogP contribution in [0.1, 0.15) is 47.0 Å². The molecule has 0 amide bonds. The zero-order valence-electron chi connectivity index (χ0n) is 13.8. The molecule has 22 heavy (non-hydrogen) atoms. The number of rotatable bonds is 0. The Bertz CT molecular complexity index is 454. The Morgan fingerprint density at radius 2 is 1.68 bits per heavy atom. The van der Waals surface area contributed by atoms with Crippen molar-refractivity contribution in [2.24, 2.45) is 0 Å². The van der Waals surface area contributed by atoms with Crippen LogP contribution >= 0.6 is 0 Å². The smallest absolute Gasteiger partial charge is 0.227 e. The third-order valence-electron chi connectivity index (χ3n) is 5.09. The maximum atomic E-state index is 6.31. The Morgan fingerprint density at radius 1 is 0.864 bits per heavy atom. The van der Waals surface area contributed by atoms with E-state index in [1.165, 1.54) is 0 Å². The average molecular weight is 314 g/mol. The lowest BCUT2D eigenvalue weighted by Gasteiger charge is -2.54. The second kappa shape index (κ2) is 4.65. The fourth-order valence-electron chi connectivity index (χ4n) is 4.25. The van der Waals surface area contributed by atoms with Crippen LogP contribution in [0, 0.1) is 0 Å². The van der Waals surface area contributed by atoms with Crippen LogP contribution in [0.5, 0.6) is 0 Å². The summed E-state index contributed by atoms with van der Waals surface area (Å²) in [5.74, 6) is -2.23. The van der Waals surface area contributed by atoms with Crippen LogP contribution in [0.2, 0.25) is 0 Å². The highest BCUT2D eigenvalue weighted by Gasteiger charge is 2.71. The summed E-state index contributed by atoms with van der Waals surface area (Å²) >= 11 is 0. The fraction of sp³-hybridized carbons (Fsp3) is 1.00. The van der Waals surface area contributed by atoms with E-state index in [-0.39, 0.29) is 12.2 Å². The van der Waals surface area contributed by atoms with E-state index in [0.717, 1.165) is 19.3 Å². The van der Waals surface area contributed by atoms with Gasteiger partial charge in [0.25, 0.3) is 0 Å². The van der Waals surface area contributed by atoms with Gasteiger partial charge in [-0.05, 0) is 47.0 Å². The second-order valence-electron chi connectivity index (χ2n) is 7.64. The molecule has 4 atom stereocenters. The molecule has 0 unspecified atom stereocenters. The van der Waals surface area contributed by atoms with Gasteiger partial charge in [0.2, 0.25) is 5.79 Å².